The predicted molar refractivity (Wildman–Crippen MR) is 204 cm³/mol. The number of halogens is 9. The molecule has 3 aliphatic rings. The van der Waals surface area contributed by atoms with Crippen LogP contribution in [-0.2, 0) is 20.6 Å². The molecule has 0 radical (unpaired) electrons. The fraction of sp³-hybridized carbons (Fsp3) is 0.850. The first-order valence-corrected chi connectivity index (χ1v) is 22.2. The molecule has 3 aliphatic carbocycles. The molecule has 0 aliphatic heterocycles. The molecule has 324 valence electrons. The van der Waals surface area contributed by atoms with Crippen LogP contribution >= 0.6 is 21.6 Å². The first-order valence-electron chi connectivity index (χ1n) is 19.9. The molecule has 0 heterocycles. The van der Waals surface area contributed by atoms with Crippen molar-refractivity contribution in [3.63, 3.8) is 0 Å². The highest BCUT2D eigenvalue weighted by Gasteiger charge is 2.85. The van der Waals surface area contributed by atoms with E-state index in [1.807, 2.05) is 21.6 Å². The predicted octanol–water partition coefficient (Wildman–Crippen LogP) is 11.8. The Morgan fingerprint density at radius 3 is 2.18 bits per heavy atom. The third-order valence-electron chi connectivity index (χ3n) is 12.2. The Balaban J connectivity index is 1.20. The largest absolute Gasteiger partial charge is 0.492 e. The van der Waals surface area contributed by atoms with E-state index in [0.717, 1.165) is 70.4 Å². The Hall–Kier alpha value is -1.07. The van der Waals surface area contributed by atoms with Crippen LogP contribution in [-0.4, -0.2) is 99.3 Å². The number of unbranched alkanes of at least 4 members (excludes halogenated alkanes) is 3. The maximum atomic E-state index is 13.2. The van der Waals surface area contributed by atoms with E-state index < -0.39 is 37.2 Å². The quantitative estimate of drug-likeness (QED) is 0.0654. The van der Waals surface area contributed by atoms with E-state index in [9.17, 15) is 39.5 Å². The van der Waals surface area contributed by atoms with Crippen LogP contribution in [0.2, 0.25) is 0 Å². The standard InChI is InChI=1S/C40H60F9NO4S2/c1-35(2,56-55-26-9-7-6-8-22-51-5)19-20-50(4)21-25-52-29-12-14-30-28(27-29)11-13-32-31(30)17-18-36(3)33(32)15-16-34(36)53-23-10-24-54-37(38(41,42)43,39(44,45)46)40(47,48)49/h12,14,27,31-34H,6-11,13,15-26H2,1-5H3. The number of fused-ring (bicyclic) bond motifs is 5. The van der Waals surface area contributed by atoms with Crippen molar-refractivity contribution in [1.82, 2.24) is 4.90 Å². The molecule has 0 aromatic heterocycles. The number of rotatable bonds is 22. The number of likely N-dealkylation sites (N-methyl/N-ethyl adjacent to an activating group) is 1. The first-order chi connectivity index (χ1) is 26.2. The summed E-state index contributed by atoms with van der Waals surface area (Å²) in [6.45, 7) is 8.27. The van der Waals surface area contributed by atoms with Crippen molar-refractivity contribution in [1.29, 1.82) is 0 Å². The van der Waals surface area contributed by atoms with Crippen LogP contribution in [0.4, 0.5) is 39.5 Å². The second kappa shape index (κ2) is 20.0. The van der Waals surface area contributed by atoms with Crippen molar-refractivity contribution in [3.8, 4) is 5.75 Å². The van der Waals surface area contributed by atoms with Gasteiger partial charge in [0, 0.05) is 37.4 Å². The smallest absolute Gasteiger partial charge is 0.435 e. The van der Waals surface area contributed by atoms with Crippen molar-refractivity contribution in [3.05, 3.63) is 29.3 Å². The summed E-state index contributed by atoms with van der Waals surface area (Å²) in [6.07, 6.45) is -9.96. The van der Waals surface area contributed by atoms with E-state index >= 15 is 0 Å². The number of methoxy groups -OCH3 is 1. The van der Waals surface area contributed by atoms with Gasteiger partial charge in [-0.15, -0.1) is 0 Å². The highest BCUT2D eigenvalue weighted by atomic mass is 33.1. The van der Waals surface area contributed by atoms with Gasteiger partial charge in [0.05, 0.1) is 12.7 Å². The minimum absolute atomic E-state index is 0.187. The summed E-state index contributed by atoms with van der Waals surface area (Å²) in [5.74, 6) is 3.11. The zero-order valence-corrected chi connectivity index (χ0v) is 34.9. The topological polar surface area (TPSA) is 40.2 Å². The maximum absolute atomic E-state index is 13.2. The van der Waals surface area contributed by atoms with Crippen LogP contribution in [0.5, 0.6) is 5.75 Å². The van der Waals surface area contributed by atoms with Crippen molar-refractivity contribution >= 4 is 21.6 Å². The van der Waals surface area contributed by atoms with Crippen molar-refractivity contribution < 1.29 is 58.5 Å². The second-order valence-electron chi connectivity index (χ2n) is 16.6. The molecule has 2 saturated carbocycles. The van der Waals surface area contributed by atoms with E-state index in [1.165, 1.54) is 36.1 Å². The Morgan fingerprint density at radius 1 is 0.804 bits per heavy atom. The lowest BCUT2D eigenvalue weighted by atomic mass is 9.55. The van der Waals surface area contributed by atoms with Crippen molar-refractivity contribution in [2.24, 2.45) is 17.3 Å². The van der Waals surface area contributed by atoms with Crippen molar-refractivity contribution in [2.45, 2.75) is 139 Å². The molecule has 5 nitrogen and oxygen atoms in total. The monoisotopic (exact) mass is 853 g/mol. The zero-order chi connectivity index (χ0) is 41.4. The summed E-state index contributed by atoms with van der Waals surface area (Å²) >= 11 is 0. The average molecular weight is 854 g/mol. The van der Waals surface area contributed by atoms with Gasteiger partial charge in [-0.3, -0.25) is 0 Å². The summed E-state index contributed by atoms with van der Waals surface area (Å²) in [7, 11) is 7.83. The van der Waals surface area contributed by atoms with E-state index in [1.54, 1.807) is 7.11 Å². The van der Waals surface area contributed by atoms with Gasteiger partial charge in [0.15, 0.2) is 0 Å². The van der Waals surface area contributed by atoms with Gasteiger partial charge in [0.2, 0.25) is 0 Å². The van der Waals surface area contributed by atoms with Gasteiger partial charge in [-0.05, 0) is 138 Å². The molecule has 1 aromatic rings. The molecule has 0 amide bonds. The zero-order valence-electron chi connectivity index (χ0n) is 33.3. The van der Waals surface area contributed by atoms with Gasteiger partial charge in [0.25, 0.3) is 0 Å². The lowest BCUT2D eigenvalue weighted by Gasteiger charge is -2.50. The summed E-state index contributed by atoms with van der Waals surface area (Å²) in [5.41, 5.74) is -3.87. The highest BCUT2D eigenvalue weighted by molar-refractivity contribution is 8.77. The average Bonchev–Trinajstić information content (AvgIpc) is 3.44. The molecule has 1 aromatic carbocycles. The van der Waals surface area contributed by atoms with Gasteiger partial charge in [-0.25, -0.2) is 0 Å². The number of benzene rings is 1. The Kier molecular flexibility index (Phi) is 17.0. The molecule has 0 saturated heterocycles. The lowest BCUT2D eigenvalue weighted by Crippen LogP contribution is -2.67. The summed E-state index contributed by atoms with van der Waals surface area (Å²) in [5, 5.41) is 0. The summed E-state index contributed by atoms with van der Waals surface area (Å²) in [4.78, 5) is 2.32. The number of hydrogen-bond acceptors (Lipinski definition) is 7. The maximum Gasteiger partial charge on any atom is 0.435 e. The second-order valence-corrected chi connectivity index (χ2v) is 19.7. The molecule has 5 unspecified atom stereocenters. The number of nitrogens with zero attached hydrogens (tertiary/aromatic N) is 1. The van der Waals surface area contributed by atoms with Crippen molar-refractivity contribution in [2.75, 3.05) is 59.4 Å². The third-order valence-corrected chi connectivity index (χ3v) is 15.6. The Bertz CT molecular complexity index is 1330. The Labute approximate surface area is 334 Å². The molecule has 5 atom stereocenters. The first kappa shape index (κ1) is 47.6. The SMILES string of the molecule is COCCCCCCSSC(C)(C)CCN(C)CCOc1ccc2c(c1)CCC1C2CCC2(C)C(OCCCOC(C(F)(F)F)(C(F)(F)F)C(F)(F)F)CCC12. The fourth-order valence-corrected chi connectivity index (χ4v) is 11.7. The minimum atomic E-state index is -6.74. The lowest BCUT2D eigenvalue weighted by molar-refractivity contribution is -0.457. The molecular weight excluding hydrogens is 794 g/mol. The molecule has 4 rings (SSSR count). The molecular formula is C40H60F9NO4S2. The van der Waals surface area contributed by atoms with E-state index in [2.05, 4.69) is 55.7 Å². The van der Waals surface area contributed by atoms with E-state index in [-0.39, 0.29) is 22.9 Å². The van der Waals surface area contributed by atoms with Gasteiger partial charge < -0.3 is 23.8 Å². The fourth-order valence-electron chi connectivity index (χ4n) is 9.01. The molecule has 2 fully saturated rings. The third kappa shape index (κ3) is 11.6. The molecule has 0 N–H and O–H groups in total. The molecule has 0 spiro atoms. The van der Waals surface area contributed by atoms with Crippen LogP contribution in [0.15, 0.2) is 18.2 Å². The van der Waals surface area contributed by atoms with Gasteiger partial charge in [-0.1, -0.05) is 47.4 Å². The summed E-state index contributed by atoms with van der Waals surface area (Å²) < 4.78 is 140. The highest BCUT2D eigenvalue weighted by Crippen LogP contribution is 2.62. The van der Waals surface area contributed by atoms with Crippen LogP contribution in [0, 0.1) is 17.3 Å². The van der Waals surface area contributed by atoms with Crippen LogP contribution in [0.1, 0.15) is 108 Å². The molecule has 16 heteroatoms. The number of alkyl halides is 9. The Morgan fingerprint density at radius 2 is 1.50 bits per heavy atom. The minimum Gasteiger partial charge on any atom is -0.492 e. The van der Waals surface area contributed by atoms with Gasteiger partial charge >= 0.3 is 24.1 Å². The molecule has 0 bridgehead atoms. The van der Waals surface area contributed by atoms with Crippen LogP contribution in [0.3, 0.4) is 0 Å². The van der Waals surface area contributed by atoms with Gasteiger partial charge in [-0.2, -0.15) is 39.5 Å². The van der Waals surface area contributed by atoms with Crippen LogP contribution < -0.4 is 4.74 Å². The number of aryl methyl sites for hydroxylation is 1. The van der Waals surface area contributed by atoms with E-state index in [4.69, 9.17) is 14.2 Å². The normalized spacial score (nSPS) is 24.6. The van der Waals surface area contributed by atoms with E-state index in [0.29, 0.717) is 30.8 Å². The summed E-state index contributed by atoms with van der Waals surface area (Å²) in [6, 6.07) is 6.41. The van der Waals surface area contributed by atoms with Gasteiger partial charge in [0.1, 0.15) is 12.4 Å². The molecule has 56 heavy (non-hydrogen) atoms. The number of ether oxygens (including phenoxy) is 4. The van der Waals surface area contributed by atoms with Crippen LogP contribution in [0.25, 0.3) is 0 Å². The number of hydrogen-bond donors (Lipinski definition) is 0.